The molecular formula is C23H25N3O2. The van der Waals surface area contributed by atoms with E-state index in [1.807, 2.05) is 62.4 Å². The number of benzene rings is 2. The van der Waals surface area contributed by atoms with Crippen LogP contribution >= 0.6 is 0 Å². The summed E-state index contributed by atoms with van der Waals surface area (Å²) in [5, 5.41) is 7.37. The molecule has 0 bridgehead atoms. The van der Waals surface area contributed by atoms with Crippen molar-refractivity contribution in [1.82, 2.24) is 9.78 Å². The van der Waals surface area contributed by atoms with Crippen molar-refractivity contribution >= 4 is 11.6 Å². The molecule has 0 unspecified atom stereocenters. The van der Waals surface area contributed by atoms with Crippen LogP contribution in [0.25, 0.3) is 11.3 Å². The minimum atomic E-state index is -0.677. The van der Waals surface area contributed by atoms with Gasteiger partial charge >= 0.3 is 0 Å². The van der Waals surface area contributed by atoms with Gasteiger partial charge in [0.25, 0.3) is 5.56 Å². The fourth-order valence-corrected chi connectivity index (χ4v) is 3.05. The summed E-state index contributed by atoms with van der Waals surface area (Å²) in [5.74, 6) is -0.248. The largest absolute Gasteiger partial charge is 0.324 e. The minimum Gasteiger partial charge on any atom is -0.324 e. The summed E-state index contributed by atoms with van der Waals surface area (Å²) in [5.41, 5.74) is 4.34. The number of aromatic nitrogens is 2. The van der Waals surface area contributed by atoms with Gasteiger partial charge in [-0.3, -0.25) is 9.59 Å². The first-order valence-electron chi connectivity index (χ1n) is 9.58. The zero-order valence-corrected chi connectivity index (χ0v) is 16.5. The van der Waals surface area contributed by atoms with Crippen LogP contribution in [0.15, 0.2) is 65.5 Å². The van der Waals surface area contributed by atoms with Gasteiger partial charge in [0, 0.05) is 17.3 Å². The quantitative estimate of drug-likeness (QED) is 0.696. The van der Waals surface area contributed by atoms with E-state index in [0.717, 1.165) is 17.5 Å². The highest BCUT2D eigenvalue weighted by atomic mass is 16.2. The Labute approximate surface area is 165 Å². The van der Waals surface area contributed by atoms with Crippen LogP contribution < -0.4 is 10.9 Å². The van der Waals surface area contributed by atoms with Crippen LogP contribution in [0.2, 0.25) is 0 Å². The van der Waals surface area contributed by atoms with Crippen molar-refractivity contribution in [1.29, 1.82) is 0 Å². The SMILES string of the molecule is CCc1ccc(NC(=O)[C@@H](CC)n2nc(-c3ccc(C)cc3)ccc2=O)cc1. The molecule has 0 spiro atoms. The smallest absolute Gasteiger partial charge is 0.267 e. The lowest BCUT2D eigenvalue weighted by Crippen LogP contribution is -2.34. The Kier molecular flexibility index (Phi) is 6.04. The maximum atomic E-state index is 12.8. The van der Waals surface area contributed by atoms with Crippen LogP contribution in [0.1, 0.15) is 37.4 Å². The molecule has 1 atom stereocenters. The molecule has 0 aliphatic carbocycles. The van der Waals surface area contributed by atoms with E-state index in [1.165, 1.54) is 16.3 Å². The molecule has 0 radical (unpaired) electrons. The Bertz CT molecular complexity index is 1010. The molecule has 0 aliphatic heterocycles. The zero-order valence-electron chi connectivity index (χ0n) is 16.5. The van der Waals surface area contributed by atoms with Gasteiger partial charge in [-0.1, -0.05) is 55.8 Å². The highest BCUT2D eigenvalue weighted by molar-refractivity contribution is 5.93. The molecule has 5 nitrogen and oxygen atoms in total. The fourth-order valence-electron chi connectivity index (χ4n) is 3.05. The molecule has 1 heterocycles. The topological polar surface area (TPSA) is 64.0 Å². The van der Waals surface area contributed by atoms with Crippen molar-refractivity contribution in [3.8, 4) is 11.3 Å². The van der Waals surface area contributed by atoms with E-state index in [9.17, 15) is 9.59 Å². The molecule has 3 aromatic rings. The van der Waals surface area contributed by atoms with Crippen molar-refractivity contribution in [3.05, 3.63) is 82.1 Å². The second kappa shape index (κ2) is 8.65. The Balaban J connectivity index is 1.88. The van der Waals surface area contributed by atoms with Gasteiger partial charge < -0.3 is 5.32 Å². The van der Waals surface area contributed by atoms with E-state index >= 15 is 0 Å². The third kappa shape index (κ3) is 4.36. The summed E-state index contributed by atoms with van der Waals surface area (Å²) in [7, 11) is 0. The highest BCUT2D eigenvalue weighted by Crippen LogP contribution is 2.19. The molecule has 1 aromatic heterocycles. The molecule has 3 rings (SSSR count). The van der Waals surface area contributed by atoms with Crippen LogP contribution in [0.3, 0.4) is 0 Å². The monoisotopic (exact) mass is 375 g/mol. The lowest BCUT2D eigenvalue weighted by Gasteiger charge is -2.17. The van der Waals surface area contributed by atoms with Crippen LogP contribution in [0.5, 0.6) is 0 Å². The number of aryl methyl sites for hydroxylation is 2. The predicted octanol–water partition coefficient (Wildman–Crippen LogP) is 4.37. The molecule has 0 saturated carbocycles. The number of nitrogens with one attached hydrogen (secondary N) is 1. The average Bonchev–Trinajstić information content (AvgIpc) is 2.71. The number of nitrogens with zero attached hydrogens (tertiary/aromatic N) is 2. The summed E-state index contributed by atoms with van der Waals surface area (Å²) in [6.45, 7) is 5.97. The van der Waals surface area contributed by atoms with Crippen LogP contribution in [-0.2, 0) is 11.2 Å². The van der Waals surface area contributed by atoms with Crippen LogP contribution in [-0.4, -0.2) is 15.7 Å². The number of anilines is 1. The Hall–Kier alpha value is -3.21. The molecule has 2 aromatic carbocycles. The second-order valence-electron chi connectivity index (χ2n) is 6.83. The van der Waals surface area contributed by atoms with Gasteiger partial charge in [0.15, 0.2) is 0 Å². The fraction of sp³-hybridized carbons (Fsp3) is 0.261. The summed E-state index contributed by atoms with van der Waals surface area (Å²) < 4.78 is 1.28. The number of carbonyl (C=O) groups is 1. The van der Waals surface area contributed by atoms with Crippen molar-refractivity contribution in [2.24, 2.45) is 0 Å². The number of rotatable bonds is 6. The summed E-state index contributed by atoms with van der Waals surface area (Å²) in [6.07, 6.45) is 1.40. The standard InChI is InChI=1S/C23H25N3O2/c1-4-17-8-12-19(13-9-17)24-23(28)21(5-2)26-22(27)15-14-20(25-26)18-10-6-16(3)7-11-18/h6-15,21H,4-5H2,1-3H3,(H,24,28)/t21-/m1/s1. The maximum absolute atomic E-state index is 12.8. The first kappa shape index (κ1) is 19.5. The Morgan fingerprint density at radius 1 is 1.00 bits per heavy atom. The van der Waals surface area contributed by atoms with Crippen molar-refractivity contribution in [2.75, 3.05) is 5.32 Å². The summed E-state index contributed by atoms with van der Waals surface area (Å²) >= 11 is 0. The third-order valence-electron chi connectivity index (χ3n) is 4.79. The average molecular weight is 375 g/mol. The van der Waals surface area contributed by atoms with Gasteiger partial charge in [-0.05, 0) is 43.5 Å². The second-order valence-corrected chi connectivity index (χ2v) is 6.83. The number of hydrogen-bond acceptors (Lipinski definition) is 3. The first-order valence-corrected chi connectivity index (χ1v) is 9.58. The molecule has 0 aliphatic rings. The van der Waals surface area contributed by atoms with Gasteiger partial charge in [0.2, 0.25) is 5.91 Å². The molecular weight excluding hydrogens is 350 g/mol. The lowest BCUT2D eigenvalue weighted by molar-refractivity contribution is -0.119. The normalized spacial score (nSPS) is 11.8. The van der Waals surface area contributed by atoms with Crippen LogP contribution in [0, 0.1) is 6.92 Å². The maximum Gasteiger partial charge on any atom is 0.267 e. The zero-order chi connectivity index (χ0) is 20.1. The molecule has 5 heteroatoms. The first-order chi connectivity index (χ1) is 13.5. The lowest BCUT2D eigenvalue weighted by atomic mass is 10.1. The van der Waals surface area contributed by atoms with E-state index in [0.29, 0.717) is 17.8 Å². The molecule has 144 valence electrons. The van der Waals surface area contributed by atoms with Gasteiger partial charge in [0.1, 0.15) is 6.04 Å². The van der Waals surface area contributed by atoms with Crippen LogP contribution in [0.4, 0.5) is 5.69 Å². The summed E-state index contributed by atoms with van der Waals surface area (Å²) in [6, 6.07) is 18.1. The van der Waals surface area contributed by atoms with Crippen molar-refractivity contribution in [3.63, 3.8) is 0 Å². The van der Waals surface area contributed by atoms with E-state index in [2.05, 4.69) is 17.3 Å². The molecule has 28 heavy (non-hydrogen) atoms. The third-order valence-corrected chi connectivity index (χ3v) is 4.79. The predicted molar refractivity (Wildman–Crippen MR) is 112 cm³/mol. The number of carbonyl (C=O) groups excluding carboxylic acids is 1. The van der Waals surface area contributed by atoms with Gasteiger partial charge in [-0.15, -0.1) is 0 Å². The number of hydrogen-bond donors (Lipinski definition) is 1. The molecule has 1 N–H and O–H groups in total. The summed E-state index contributed by atoms with van der Waals surface area (Å²) in [4.78, 5) is 25.3. The molecule has 1 amide bonds. The Morgan fingerprint density at radius 2 is 1.68 bits per heavy atom. The highest BCUT2D eigenvalue weighted by Gasteiger charge is 2.21. The molecule has 0 fully saturated rings. The van der Waals surface area contributed by atoms with Crippen molar-refractivity contribution in [2.45, 2.75) is 39.7 Å². The van der Waals surface area contributed by atoms with Gasteiger partial charge in [-0.2, -0.15) is 5.10 Å². The van der Waals surface area contributed by atoms with Crippen molar-refractivity contribution < 1.29 is 4.79 Å². The minimum absolute atomic E-state index is 0.248. The van der Waals surface area contributed by atoms with E-state index in [-0.39, 0.29) is 11.5 Å². The van der Waals surface area contributed by atoms with E-state index < -0.39 is 6.04 Å². The Morgan fingerprint density at radius 3 is 2.29 bits per heavy atom. The molecule has 0 saturated heterocycles. The van der Waals surface area contributed by atoms with Gasteiger partial charge in [-0.25, -0.2) is 4.68 Å². The van der Waals surface area contributed by atoms with Gasteiger partial charge in [0.05, 0.1) is 5.69 Å². The van der Waals surface area contributed by atoms with E-state index in [4.69, 9.17) is 0 Å². The van der Waals surface area contributed by atoms with E-state index in [1.54, 1.807) is 6.07 Å². The number of amides is 1.